The van der Waals surface area contributed by atoms with Gasteiger partial charge in [0.25, 0.3) is 5.91 Å². The number of nitrogens with zero attached hydrogens (tertiary/aromatic N) is 2. The second kappa shape index (κ2) is 19.1. The molecule has 1 aromatic rings. The summed E-state index contributed by atoms with van der Waals surface area (Å²) in [6, 6.07) is 6.42. The summed E-state index contributed by atoms with van der Waals surface area (Å²) < 4.78 is 10.3. The van der Waals surface area contributed by atoms with E-state index in [-0.39, 0.29) is 12.3 Å². The summed E-state index contributed by atoms with van der Waals surface area (Å²) in [5.74, 6) is -4.85. The lowest BCUT2D eigenvalue weighted by molar-refractivity contribution is -0.169. The van der Waals surface area contributed by atoms with E-state index in [4.69, 9.17) is 9.47 Å². The van der Waals surface area contributed by atoms with Crippen molar-refractivity contribution < 1.29 is 43.3 Å². The van der Waals surface area contributed by atoms with Crippen LogP contribution in [0.5, 0.6) is 0 Å². The third-order valence-corrected chi connectivity index (χ3v) is 9.17. The monoisotopic (exact) mass is 674 g/mol. The standard InChI is InChI=1S/C35H54N4O9/c1-9-22(5)28(37-32(43)30(23(6)10-2)48-35(46)29(41)21(3)4)31(42)36-20-27(40)38(7)26(19-24-15-12-11-13-16-24)33(44)39-18-14-17-25(39)34(45)47-8/h11-13,15-16,21-23,25-26,28-30,41H,9-10,14,17-20H2,1-8H3,(H,36,42)(H,37,43)/t22-,23-,25-,26+,28-,29-,30+/m0/s1. The molecule has 13 nitrogen and oxygen atoms in total. The second-order valence-electron chi connectivity index (χ2n) is 12.9. The van der Waals surface area contributed by atoms with Gasteiger partial charge < -0.3 is 35.0 Å². The lowest BCUT2D eigenvalue weighted by Gasteiger charge is -2.33. The molecule has 1 fully saturated rings. The first-order valence-corrected chi connectivity index (χ1v) is 16.8. The lowest BCUT2D eigenvalue weighted by atomic mass is 9.96. The van der Waals surface area contributed by atoms with Crippen LogP contribution in [0.4, 0.5) is 0 Å². The summed E-state index contributed by atoms with van der Waals surface area (Å²) in [5, 5.41) is 15.5. The highest BCUT2D eigenvalue weighted by molar-refractivity contribution is 5.94. The third kappa shape index (κ3) is 10.8. The number of aliphatic hydroxyl groups excluding tert-OH is 1. The Morgan fingerprint density at radius 3 is 2.17 bits per heavy atom. The van der Waals surface area contributed by atoms with Gasteiger partial charge in [-0.25, -0.2) is 9.59 Å². The third-order valence-electron chi connectivity index (χ3n) is 9.17. The van der Waals surface area contributed by atoms with Crippen molar-refractivity contribution in [3.8, 4) is 0 Å². The molecule has 2 rings (SSSR count). The molecule has 1 heterocycles. The highest BCUT2D eigenvalue weighted by Gasteiger charge is 2.40. The fraction of sp³-hybridized carbons (Fsp3) is 0.657. The van der Waals surface area contributed by atoms with Crippen molar-refractivity contribution in [3.05, 3.63) is 35.9 Å². The minimum absolute atomic E-state index is 0.188. The number of nitrogens with one attached hydrogen (secondary N) is 2. The number of aliphatic hydroxyl groups is 1. The van der Waals surface area contributed by atoms with E-state index in [9.17, 15) is 33.9 Å². The number of esters is 2. The minimum Gasteiger partial charge on any atom is -0.467 e. The molecule has 1 aromatic carbocycles. The molecular weight excluding hydrogens is 620 g/mol. The van der Waals surface area contributed by atoms with Gasteiger partial charge in [-0.05, 0) is 36.7 Å². The van der Waals surface area contributed by atoms with Crippen LogP contribution in [0.25, 0.3) is 0 Å². The maximum Gasteiger partial charge on any atom is 0.336 e. The molecule has 268 valence electrons. The topological polar surface area (TPSA) is 172 Å². The molecule has 13 heteroatoms. The van der Waals surface area contributed by atoms with Crippen molar-refractivity contribution in [1.29, 1.82) is 0 Å². The number of hydrogen-bond donors (Lipinski definition) is 3. The summed E-state index contributed by atoms with van der Waals surface area (Å²) in [4.78, 5) is 81.9. The molecule has 0 bridgehead atoms. The first-order chi connectivity index (χ1) is 22.7. The van der Waals surface area contributed by atoms with Crippen LogP contribution in [-0.4, -0.2) is 108 Å². The quantitative estimate of drug-likeness (QED) is 0.209. The maximum absolute atomic E-state index is 13.9. The Hall–Kier alpha value is -4.00. The van der Waals surface area contributed by atoms with E-state index in [1.807, 2.05) is 44.2 Å². The molecule has 0 aliphatic carbocycles. The van der Waals surface area contributed by atoms with Gasteiger partial charge in [0, 0.05) is 25.9 Å². The first kappa shape index (κ1) is 40.2. The Kier molecular flexibility index (Phi) is 16.0. The number of methoxy groups -OCH3 is 1. The summed E-state index contributed by atoms with van der Waals surface area (Å²) in [6.45, 7) is 10.4. The number of likely N-dealkylation sites (N-methyl/N-ethyl adjacent to an activating group) is 1. The molecule has 0 aromatic heterocycles. The minimum atomic E-state index is -1.41. The molecule has 4 amide bonds. The summed E-state index contributed by atoms with van der Waals surface area (Å²) >= 11 is 0. The maximum atomic E-state index is 13.9. The van der Waals surface area contributed by atoms with E-state index < -0.39 is 84.3 Å². The smallest absolute Gasteiger partial charge is 0.336 e. The van der Waals surface area contributed by atoms with Crippen LogP contribution in [0.3, 0.4) is 0 Å². The van der Waals surface area contributed by atoms with Crippen molar-refractivity contribution in [2.75, 3.05) is 27.2 Å². The number of rotatable bonds is 17. The van der Waals surface area contributed by atoms with Gasteiger partial charge in [0.2, 0.25) is 17.7 Å². The van der Waals surface area contributed by atoms with E-state index in [0.717, 1.165) is 5.56 Å². The molecule has 7 atom stereocenters. The zero-order valence-electron chi connectivity index (χ0n) is 29.6. The number of carbonyl (C=O) groups excluding carboxylic acids is 6. The Balaban J connectivity index is 2.22. The van der Waals surface area contributed by atoms with Gasteiger partial charge in [0.15, 0.2) is 12.2 Å². The summed E-state index contributed by atoms with van der Waals surface area (Å²) in [6.07, 6.45) is -0.380. The van der Waals surface area contributed by atoms with E-state index in [2.05, 4.69) is 10.6 Å². The fourth-order valence-electron chi connectivity index (χ4n) is 5.45. The van der Waals surface area contributed by atoms with Crippen LogP contribution in [-0.2, 0) is 44.7 Å². The molecule has 0 unspecified atom stereocenters. The molecule has 1 aliphatic rings. The van der Waals surface area contributed by atoms with Gasteiger partial charge in [-0.1, -0.05) is 78.3 Å². The SMILES string of the molecule is CC[C@H](C)[C@H](NC(=O)[C@H](OC(=O)[C@@H](O)C(C)C)[C@@H](C)CC)C(=O)NCC(=O)N(C)[C@H](Cc1ccccc1)C(=O)N1CCC[C@H]1C(=O)OC. The van der Waals surface area contributed by atoms with Gasteiger partial charge in [-0.3, -0.25) is 19.2 Å². The molecule has 1 aliphatic heterocycles. The van der Waals surface area contributed by atoms with Crippen LogP contribution >= 0.6 is 0 Å². The summed E-state index contributed by atoms with van der Waals surface area (Å²) in [7, 11) is 2.75. The molecule has 0 spiro atoms. The molecule has 48 heavy (non-hydrogen) atoms. The van der Waals surface area contributed by atoms with Crippen molar-refractivity contribution in [1.82, 2.24) is 20.4 Å². The van der Waals surface area contributed by atoms with E-state index in [1.165, 1.54) is 24.0 Å². The molecule has 0 saturated carbocycles. The Morgan fingerprint density at radius 1 is 0.979 bits per heavy atom. The van der Waals surface area contributed by atoms with E-state index >= 15 is 0 Å². The molecule has 3 N–H and O–H groups in total. The largest absolute Gasteiger partial charge is 0.467 e. The van der Waals surface area contributed by atoms with Gasteiger partial charge in [-0.2, -0.15) is 0 Å². The predicted molar refractivity (Wildman–Crippen MR) is 178 cm³/mol. The normalized spacial score (nSPS) is 18.1. The highest BCUT2D eigenvalue weighted by atomic mass is 16.6. The Labute approximate surface area is 284 Å². The van der Waals surface area contributed by atoms with Gasteiger partial charge in [0.05, 0.1) is 13.7 Å². The van der Waals surface area contributed by atoms with E-state index in [1.54, 1.807) is 27.7 Å². The van der Waals surface area contributed by atoms with Crippen LogP contribution in [0, 0.1) is 17.8 Å². The zero-order chi connectivity index (χ0) is 36.1. The Bertz CT molecular complexity index is 1260. The van der Waals surface area contributed by atoms with Crippen molar-refractivity contribution in [2.24, 2.45) is 17.8 Å². The molecule has 1 saturated heterocycles. The number of ether oxygens (including phenoxy) is 2. The highest BCUT2D eigenvalue weighted by Crippen LogP contribution is 2.22. The first-order valence-electron chi connectivity index (χ1n) is 16.8. The van der Waals surface area contributed by atoms with Gasteiger partial charge in [-0.15, -0.1) is 0 Å². The zero-order valence-corrected chi connectivity index (χ0v) is 29.6. The van der Waals surface area contributed by atoms with Gasteiger partial charge in [0.1, 0.15) is 18.1 Å². The lowest BCUT2D eigenvalue weighted by Crippen LogP contribution is -2.57. The van der Waals surface area contributed by atoms with Gasteiger partial charge >= 0.3 is 11.9 Å². The van der Waals surface area contributed by atoms with Crippen molar-refractivity contribution in [3.63, 3.8) is 0 Å². The number of amides is 4. The average molecular weight is 675 g/mol. The average Bonchev–Trinajstić information content (AvgIpc) is 3.59. The number of hydrogen-bond acceptors (Lipinski definition) is 9. The number of benzene rings is 1. The fourth-order valence-corrected chi connectivity index (χ4v) is 5.45. The number of likely N-dealkylation sites (tertiary alicyclic amines) is 1. The molecule has 0 radical (unpaired) electrons. The van der Waals surface area contributed by atoms with Crippen LogP contribution in [0.1, 0.15) is 72.8 Å². The summed E-state index contributed by atoms with van der Waals surface area (Å²) in [5.41, 5.74) is 0.811. The van der Waals surface area contributed by atoms with Crippen molar-refractivity contribution in [2.45, 2.75) is 104 Å². The Morgan fingerprint density at radius 2 is 1.60 bits per heavy atom. The van der Waals surface area contributed by atoms with Crippen molar-refractivity contribution >= 4 is 35.6 Å². The number of carbonyl (C=O) groups is 6. The van der Waals surface area contributed by atoms with E-state index in [0.29, 0.717) is 32.2 Å². The van der Waals surface area contributed by atoms with Crippen LogP contribution in [0.2, 0.25) is 0 Å². The van der Waals surface area contributed by atoms with Crippen LogP contribution < -0.4 is 10.6 Å². The predicted octanol–water partition coefficient (Wildman–Crippen LogP) is 1.84. The molecular formula is C35H54N4O9. The van der Waals surface area contributed by atoms with Crippen LogP contribution in [0.15, 0.2) is 30.3 Å². The second-order valence-corrected chi connectivity index (χ2v) is 12.9.